The molecule has 146 valence electrons. The molecule has 0 saturated carbocycles. The lowest BCUT2D eigenvalue weighted by Gasteiger charge is -2.34. The maximum atomic E-state index is 12.0. The highest BCUT2D eigenvalue weighted by Crippen LogP contribution is 2.39. The van der Waals surface area contributed by atoms with Gasteiger partial charge >= 0.3 is 11.9 Å². The number of aliphatic carboxylic acids is 2. The van der Waals surface area contributed by atoms with E-state index in [1.165, 1.54) is 0 Å². The Morgan fingerprint density at radius 1 is 0.679 bits per heavy atom. The van der Waals surface area contributed by atoms with Crippen molar-refractivity contribution < 1.29 is 19.8 Å². The van der Waals surface area contributed by atoms with Crippen LogP contribution in [0.4, 0.5) is 0 Å². The third-order valence-electron chi connectivity index (χ3n) is 5.99. The van der Waals surface area contributed by atoms with E-state index >= 15 is 0 Å². The maximum absolute atomic E-state index is 12.0. The molecule has 2 aliphatic heterocycles. The molecule has 2 saturated heterocycles. The fraction of sp³-hybridized carbons (Fsp3) is 0.364. The molecule has 4 rings (SSSR count). The highest BCUT2D eigenvalue weighted by atomic mass is 16.4. The number of carboxylic acids is 2. The van der Waals surface area contributed by atoms with Gasteiger partial charge in [-0.25, -0.2) is 10.0 Å². The van der Waals surface area contributed by atoms with Gasteiger partial charge in [0.1, 0.15) is 12.1 Å². The fourth-order valence-corrected chi connectivity index (χ4v) is 4.60. The molecule has 1 unspecified atom stereocenters. The Labute approximate surface area is 164 Å². The van der Waals surface area contributed by atoms with E-state index in [0.717, 1.165) is 11.1 Å². The van der Waals surface area contributed by atoms with Gasteiger partial charge in [-0.15, -0.1) is 0 Å². The minimum atomic E-state index is -0.897. The lowest BCUT2D eigenvalue weighted by Crippen LogP contribution is -2.52. The minimum Gasteiger partial charge on any atom is -0.480 e. The van der Waals surface area contributed by atoms with E-state index in [1.807, 2.05) is 60.7 Å². The predicted octanol–water partition coefficient (Wildman–Crippen LogP) is 2.79. The summed E-state index contributed by atoms with van der Waals surface area (Å²) in [5, 5.41) is 23.2. The maximum Gasteiger partial charge on any atom is 0.322 e. The summed E-state index contributed by atoms with van der Waals surface area (Å²) in [4.78, 5) is 23.9. The van der Waals surface area contributed by atoms with Gasteiger partial charge in [-0.1, -0.05) is 60.7 Å². The molecule has 4 atom stereocenters. The van der Waals surface area contributed by atoms with Gasteiger partial charge in [-0.2, -0.15) is 0 Å². The Morgan fingerprint density at radius 2 is 1.04 bits per heavy atom. The molecule has 2 aliphatic rings. The molecule has 0 aliphatic carbocycles. The number of hydrogen-bond donors (Lipinski definition) is 2. The molecule has 0 radical (unpaired) electrons. The summed E-state index contributed by atoms with van der Waals surface area (Å²) in [7, 11) is 0. The fourth-order valence-electron chi connectivity index (χ4n) is 4.60. The zero-order valence-electron chi connectivity index (χ0n) is 15.5. The first-order valence-electron chi connectivity index (χ1n) is 9.63. The molecular weight excluding hydrogens is 356 g/mol. The SMILES string of the molecule is O=C(O)[C@H]1C[C@H](c2ccccc2)CN1N1CC(c2ccccc2)C[C@H]1C(=O)O. The summed E-state index contributed by atoms with van der Waals surface area (Å²) in [6.07, 6.45) is 0.969. The molecule has 6 nitrogen and oxygen atoms in total. The first kappa shape index (κ1) is 18.7. The van der Waals surface area contributed by atoms with Crippen LogP contribution in [0.15, 0.2) is 60.7 Å². The van der Waals surface area contributed by atoms with Crippen molar-refractivity contribution in [2.75, 3.05) is 13.1 Å². The Morgan fingerprint density at radius 3 is 1.36 bits per heavy atom. The molecule has 0 amide bonds. The molecule has 2 N–H and O–H groups in total. The van der Waals surface area contributed by atoms with Crippen molar-refractivity contribution in [2.24, 2.45) is 0 Å². The van der Waals surface area contributed by atoms with Crippen molar-refractivity contribution in [1.29, 1.82) is 0 Å². The van der Waals surface area contributed by atoms with Crippen LogP contribution in [0, 0.1) is 0 Å². The summed E-state index contributed by atoms with van der Waals surface area (Å²) >= 11 is 0. The van der Waals surface area contributed by atoms with Gasteiger partial charge in [0.2, 0.25) is 0 Å². The van der Waals surface area contributed by atoms with Gasteiger partial charge in [-0.3, -0.25) is 9.59 Å². The second-order valence-electron chi connectivity index (χ2n) is 7.64. The van der Waals surface area contributed by atoms with Gasteiger partial charge in [0, 0.05) is 24.9 Å². The number of benzene rings is 2. The molecule has 28 heavy (non-hydrogen) atoms. The molecule has 0 aromatic heterocycles. The zero-order chi connectivity index (χ0) is 19.7. The van der Waals surface area contributed by atoms with Crippen LogP contribution in [-0.4, -0.2) is 57.3 Å². The summed E-state index contributed by atoms with van der Waals surface area (Å²) in [5.74, 6) is -1.64. The molecule has 0 bridgehead atoms. The number of hydrogen-bond acceptors (Lipinski definition) is 4. The van der Waals surface area contributed by atoms with Crippen LogP contribution in [0.5, 0.6) is 0 Å². The number of carbonyl (C=O) groups is 2. The van der Waals surface area contributed by atoms with Gasteiger partial charge in [0.25, 0.3) is 0 Å². The van der Waals surface area contributed by atoms with Crippen LogP contribution in [0.1, 0.15) is 35.8 Å². The average Bonchev–Trinajstić information content (AvgIpc) is 3.34. The molecule has 6 heteroatoms. The Balaban J connectivity index is 1.60. The Bertz CT molecular complexity index is 771. The molecule has 2 aromatic rings. The van der Waals surface area contributed by atoms with E-state index in [4.69, 9.17) is 0 Å². The highest BCUT2D eigenvalue weighted by molar-refractivity contribution is 5.76. The average molecular weight is 380 g/mol. The van der Waals surface area contributed by atoms with Crippen molar-refractivity contribution in [3.63, 3.8) is 0 Å². The van der Waals surface area contributed by atoms with Crippen molar-refractivity contribution >= 4 is 11.9 Å². The quantitative estimate of drug-likeness (QED) is 0.830. The van der Waals surface area contributed by atoms with Crippen molar-refractivity contribution in [3.8, 4) is 0 Å². The number of nitrogens with zero attached hydrogens (tertiary/aromatic N) is 2. The van der Waals surface area contributed by atoms with E-state index < -0.39 is 24.0 Å². The minimum absolute atomic E-state index is 0.0764. The third kappa shape index (κ3) is 3.53. The van der Waals surface area contributed by atoms with Crippen LogP contribution in [0.25, 0.3) is 0 Å². The Hall–Kier alpha value is -2.70. The van der Waals surface area contributed by atoms with Gasteiger partial charge in [-0.05, 0) is 24.0 Å². The van der Waals surface area contributed by atoms with Crippen molar-refractivity contribution in [2.45, 2.75) is 36.8 Å². The van der Waals surface area contributed by atoms with Crippen LogP contribution in [-0.2, 0) is 9.59 Å². The van der Waals surface area contributed by atoms with E-state index in [0.29, 0.717) is 25.9 Å². The second kappa shape index (κ2) is 7.73. The van der Waals surface area contributed by atoms with Crippen LogP contribution < -0.4 is 0 Å². The second-order valence-corrected chi connectivity index (χ2v) is 7.64. The molecule has 2 fully saturated rings. The van der Waals surface area contributed by atoms with Crippen molar-refractivity contribution in [3.05, 3.63) is 71.8 Å². The first-order valence-corrected chi connectivity index (χ1v) is 9.63. The number of hydrazine groups is 1. The molecule has 0 spiro atoms. The van der Waals surface area contributed by atoms with Gasteiger partial charge < -0.3 is 10.2 Å². The topological polar surface area (TPSA) is 81.1 Å². The van der Waals surface area contributed by atoms with E-state index in [2.05, 4.69) is 0 Å². The standard InChI is InChI=1S/C22H24N2O4/c25-21(26)19-11-17(15-7-3-1-4-8-15)13-23(19)24-14-18(12-20(24)22(27)28)16-9-5-2-6-10-16/h1-10,17-20H,11-14H2,(H,25,26)(H,27,28)/t17-,18?,19+,20-/m0/s1. The zero-order valence-corrected chi connectivity index (χ0v) is 15.5. The lowest BCUT2D eigenvalue weighted by molar-refractivity contribution is -0.160. The monoisotopic (exact) mass is 380 g/mol. The van der Waals surface area contributed by atoms with E-state index in [-0.39, 0.29) is 11.8 Å². The summed E-state index contributed by atoms with van der Waals surface area (Å²) in [6, 6.07) is 18.3. The van der Waals surface area contributed by atoms with Crippen LogP contribution >= 0.6 is 0 Å². The lowest BCUT2D eigenvalue weighted by atomic mass is 9.96. The molecular formula is C22H24N2O4. The summed E-state index contributed by atoms with van der Waals surface area (Å²) < 4.78 is 0. The molecule has 2 aromatic carbocycles. The van der Waals surface area contributed by atoms with Gasteiger partial charge in [0.05, 0.1) is 0 Å². The first-order chi connectivity index (χ1) is 13.5. The van der Waals surface area contributed by atoms with E-state index in [9.17, 15) is 19.8 Å². The third-order valence-corrected chi connectivity index (χ3v) is 5.99. The highest BCUT2D eigenvalue weighted by Gasteiger charge is 2.47. The number of carboxylic acid groups (broad SMARTS) is 2. The van der Waals surface area contributed by atoms with Gasteiger partial charge in [0.15, 0.2) is 0 Å². The number of rotatable bonds is 5. The normalized spacial score (nSPS) is 28.4. The predicted molar refractivity (Wildman–Crippen MR) is 104 cm³/mol. The largest absolute Gasteiger partial charge is 0.480 e. The van der Waals surface area contributed by atoms with Crippen LogP contribution in [0.3, 0.4) is 0 Å². The van der Waals surface area contributed by atoms with Crippen molar-refractivity contribution in [1.82, 2.24) is 10.0 Å². The summed E-state index contributed by atoms with van der Waals surface area (Å²) in [6.45, 7) is 1.04. The smallest absolute Gasteiger partial charge is 0.322 e. The summed E-state index contributed by atoms with van der Waals surface area (Å²) in [5.41, 5.74) is 2.20. The van der Waals surface area contributed by atoms with E-state index in [1.54, 1.807) is 10.0 Å². The Kier molecular flexibility index (Phi) is 5.15. The molecule has 2 heterocycles. The van der Waals surface area contributed by atoms with Crippen LogP contribution in [0.2, 0.25) is 0 Å².